The first-order valence-electron chi connectivity index (χ1n) is 7.67. The van der Waals surface area contributed by atoms with Crippen molar-refractivity contribution < 1.29 is 9.63 Å². The van der Waals surface area contributed by atoms with Gasteiger partial charge >= 0.3 is 0 Å². The lowest BCUT2D eigenvalue weighted by Gasteiger charge is -2.06. The summed E-state index contributed by atoms with van der Waals surface area (Å²) in [5.74, 6) is -0.191. The van der Waals surface area contributed by atoms with E-state index < -0.39 is 0 Å². The van der Waals surface area contributed by atoms with Gasteiger partial charge in [-0.1, -0.05) is 35.5 Å². The molecule has 23 heavy (non-hydrogen) atoms. The number of hydrogen-bond acceptors (Lipinski definition) is 4. The number of carbonyl (C=O) groups is 1. The summed E-state index contributed by atoms with van der Waals surface area (Å²) in [6.45, 7) is 2.28. The van der Waals surface area contributed by atoms with Gasteiger partial charge in [0.2, 0.25) is 0 Å². The number of nitrogens with one attached hydrogen (secondary N) is 1. The zero-order valence-electron chi connectivity index (χ0n) is 13.3. The quantitative estimate of drug-likeness (QED) is 0.656. The number of aromatic nitrogens is 2. The number of carbonyl (C=O) groups excluding carboxylic acids is 1. The van der Waals surface area contributed by atoms with E-state index in [4.69, 9.17) is 4.84 Å². The maximum atomic E-state index is 12.2. The Morgan fingerprint density at radius 1 is 1.39 bits per heavy atom. The van der Waals surface area contributed by atoms with Gasteiger partial charge in [-0.15, -0.1) is 0 Å². The zero-order chi connectivity index (χ0) is 16.2. The minimum Gasteiger partial charge on any atom is -0.399 e. The second kappa shape index (κ2) is 6.64. The number of nitrogens with zero attached hydrogens (tertiary/aromatic N) is 3. The molecule has 0 bridgehead atoms. The Labute approximate surface area is 135 Å². The van der Waals surface area contributed by atoms with E-state index in [-0.39, 0.29) is 18.5 Å². The second-order valence-corrected chi connectivity index (χ2v) is 5.69. The summed E-state index contributed by atoms with van der Waals surface area (Å²) in [5.41, 5.74) is 3.33. The van der Waals surface area contributed by atoms with Gasteiger partial charge in [0.05, 0.1) is 12.2 Å². The Balaban J connectivity index is 1.78. The third-order valence-corrected chi connectivity index (χ3v) is 3.68. The second-order valence-electron chi connectivity index (χ2n) is 5.69. The minimum absolute atomic E-state index is 0.191. The summed E-state index contributed by atoms with van der Waals surface area (Å²) in [6.07, 6.45) is 3.98. The fourth-order valence-corrected chi connectivity index (χ4v) is 2.39. The standard InChI is InChI=1S/C17H20N4O2/c1-12-10-21(19-16(12)13-6-4-3-5-7-13)11-15(20-23-2)17(22)18-14-8-9-14/h3-7,10,14H,8-9,11H2,1-2H3,(H,18,22). The Kier molecular flexibility index (Phi) is 4.41. The van der Waals surface area contributed by atoms with Crippen LogP contribution < -0.4 is 5.32 Å². The molecule has 1 aromatic heterocycles. The van der Waals surface area contributed by atoms with E-state index >= 15 is 0 Å². The highest BCUT2D eigenvalue weighted by molar-refractivity contribution is 6.38. The third-order valence-electron chi connectivity index (χ3n) is 3.68. The molecule has 1 fully saturated rings. The molecule has 6 heteroatoms. The SMILES string of the molecule is CON=C(Cn1cc(C)c(-c2ccccc2)n1)C(=O)NC1CC1. The average Bonchev–Trinajstić information content (AvgIpc) is 3.29. The predicted octanol–water partition coefficient (Wildman–Crippen LogP) is 2.14. The number of benzene rings is 1. The van der Waals surface area contributed by atoms with Crippen LogP contribution in [0.15, 0.2) is 41.7 Å². The molecule has 1 aromatic carbocycles. The van der Waals surface area contributed by atoms with Gasteiger partial charge in [0, 0.05) is 17.8 Å². The van der Waals surface area contributed by atoms with Crippen molar-refractivity contribution in [3.05, 3.63) is 42.1 Å². The van der Waals surface area contributed by atoms with Gasteiger partial charge in [-0.25, -0.2) is 0 Å². The van der Waals surface area contributed by atoms with Gasteiger partial charge < -0.3 is 10.2 Å². The van der Waals surface area contributed by atoms with Crippen LogP contribution in [-0.2, 0) is 16.2 Å². The normalized spacial score (nSPS) is 14.6. The third kappa shape index (κ3) is 3.77. The van der Waals surface area contributed by atoms with Crippen molar-refractivity contribution in [1.29, 1.82) is 0 Å². The van der Waals surface area contributed by atoms with Crippen LogP contribution in [0.25, 0.3) is 11.3 Å². The van der Waals surface area contributed by atoms with Crippen molar-refractivity contribution in [2.75, 3.05) is 7.11 Å². The van der Waals surface area contributed by atoms with E-state index in [9.17, 15) is 4.79 Å². The van der Waals surface area contributed by atoms with Crippen molar-refractivity contribution in [2.24, 2.45) is 5.16 Å². The van der Waals surface area contributed by atoms with Gasteiger partial charge in [-0.3, -0.25) is 9.48 Å². The van der Waals surface area contributed by atoms with Crippen LogP contribution in [0.2, 0.25) is 0 Å². The summed E-state index contributed by atoms with van der Waals surface area (Å²) in [5, 5.41) is 11.4. The summed E-state index contributed by atoms with van der Waals surface area (Å²) in [7, 11) is 1.44. The topological polar surface area (TPSA) is 68.5 Å². The van der Waals surface area contributed by atoms with E-state index in [1.807, 2.05) is 43.5 Å². The highest BCUT2D eigenvalue weighted by Gasteiger charge is 2.26. The lowest BCUT2D eigenvalue weighted by molar-refractivity contribution is -0.115. The molecule has 1 aliphatic rings. The molecule has 3 rings (SSSR count). The van der Waals surface area contributed by atoms with Crippen molar-refractivity contribution in [3.8, 4) is 11.3 Å². The van der Waals surface area contributed by atoms with Crippen LogP contribution >= 0.6 is 0 Å². The smallest absolute Gasteiger partial charge is 0.271 e. The molecule has 1 heterocycles. The number of oxime groups is 1. The summed E-state index contributed by atoms with van der Waals surface area (Å²) in [6, 6.07) is 10.3. The lowest BCUT2D eigenvalue weighted by Crippen LogP contribution is -2.35. The molecule has 0 saturated heterocycles. The van der Waals surface area contributed by atoms with Crippen molar-refractivity contribution >= 4 is 11.6 Å². The molecule has 0 atom stereocenters. The Morgan fingerprint density at radius 2 is 2.13 bits per heavy atom. The Morgan fingerprint density at radius 3 is 2.78 bits per heavy atom. The Bertz CT molecular complexity index is 717. The molecule has 0 aliphatic heterocycles. The van der Waals surface area contributed by atoms with Gasteiger partial charge in [0.15, 0.2) is 5.71 Å². The van der Waals surface area contributed by atoms with Crippen molar-refractivity contribution in [3.63, 3.8) is 0 Å². The lowest BCUT2D eigenvalue weighted by atomic mass is 10.1. The molecular weight excluding hydrogens is 292 g/mol. The monoisotopic (exact) mass is 312 g/mol. The number of rotatable bonds is 6. The van der Waals surface area contributed by atoms with E-state index in [1.54, 1.807) is 4.68 Å². The molecule has 1 aliphatic carbocycles. The molecule has 1 amide bonds. The highest BCUT2D eigenvalue weighted by Crippen LogP contribution is 2.21. The van der Waals surface area contributed by atoms with Crippen LogP contribution in [0.3, 0.4) is 0 Å². The summed E-state index contributed by atoms with van der Waals surface area (Å²) >= 11 is 0. The van der Waals surface area contributed by atoms with Gasteiger partial charge in [-0.05, 0) is 25.3 Å². The fourth-order valence-electron chi connectivity index (χ4n) is 2.39. The molecule has 0 radical (unpaired) electrons. The van der Waals surface area contributed by atoms with Crippen LogP contribution in [0, 0.1) is 6.92 Å². The number of hydrogen-bond donors (Lipinski definition) is 1. The molecule has 0 unspecified atom stereocenters. The molecule has 6 nitrogen and oxygen atoms in total. The maximum absolute atomic E-state index is 12.2. The summed E-state index contributed by atoms with van der Waals surface area (Å²) < 4.78 is 1.72. The van der Waals surface area contributed by atoms with Crippen LogP contribution in [0.5, 0.6) is 0 Å². The van der Waals surface area contributed by atoms with Crippen LogP contribution in [0.4, 0.5) is 0 Å². The maximum Gasteiger partial charge on any atom is 0.271 e. The van der Waals surface area contributed by atoms with Crippen molar-refractivity contribution in [1.82, 2.24) is 15.1 Å². The zero-order valence-corrected chi connectivity index (χ0v) is 13.3. The number of amides is 1. The average molecular weight is 312 g/mol. The van der Waals surface area contributed by atoms with Gasteiger partial charge in [-0.2, -0.15) is 5.10 Å². The first-order valence-corrected chi connectivity index (χ1v) is 7.67. The van der Waals surface area contributed by atoms with E-state index in [0.29, 0.717) is 5.71 Å². The highest BCUT2D eigenvalue weighted by atomic mass is 16.6. The van der Waals surface area contributed by atoms with E-state index in [1.165, 1.54) is 7.11 Å². The van der Waals surface area contributed by atoms with Gasteiger partial charge in [0.1, 0.15) is 7.11 Å². The van der Waals surface area contributed by atoms with Crippen LogP contribution in [-0.4, -0.2) is 34.6 Å². The molecule has 2 aromatic rings. The fraction of sp³-hybridized carbons (Fsp3) is 0.353. The predicted molar refractivity (Wildman–Crippen MR) is 88.0 cm³/mol. The Hall–Kier alpha value is -2.63. The largest absolute Gasteiger partial charge is 0.399 e. The van der Waals surface area contributed by atoms with Crippen LogP contribution in [0.1, 0.15) is 18.4 Å². The molecule has 0 spiro atoms. The summed E-state index contributed by atoms with van der Waals surface area (Å²) in [4.78, 5) is 17.0. The molecular formula is C17H20N4O2. The van der Waals surface area contributed by atoms with E-state index in [2.05, 4.69) is 15.6 Å². The van der Waals surface area contributed by atoms with Gasteiger partial charge in [0.25, 0.3) is 5.91 Å². The number of aryl methyl sites for hydroxylation is 1. The molecule has 1 N–H and O–H groups in total. The first-order chi connectivity index (χ1) is 11.2. The van der Waals surface area contributed by atoms with E-state index in [0.717, 1.165) is 29.7 Å². The van der Waals surface area contributed by atoms with Crippen molar-refractivity contribution in [2.45, 2.75) is 32.4 Å². The molecule has 1 saturated carbocycles. The minimum atomic E-state index is -0.191. The molecule has 120 valence electrons. The first kappa shape index (κ1) is 15.3.